The van der Waals surface area contributed by atoms with E-state index in [4.69, 9.17) is 0 Å². The molecule has 166 valence electrons. The summed E-state index contributed by atoms with van der Waals surface area (Å²) in [5.41, 5.74) is 2.44. The molecule has 0 atom stereocenters. The fourth-order valence-electron chi connectivity index (χ4n) is 4.56. The summed E-state index contributed by atoms with van der Waals surface area (Å²) >= 11 is -0.116. The molecule has 1 fully saturated rings. The number of rotatable bonds is 2. The van der Waals surface area contributed by atoms with Crippen molar-refractivity contribution < 1.29 is 14.4 Å². The molecule has 2 aliphatic rings. The number of urea groups is 1. The van der Waals surface area contributed by atoms with Crippen molar-refractivity contribution in [3.63, 3.8) is 0 Å². The van der Waals surface area contributed by atoms with E-state index in [1.165, 1.54) is 35.8 Å². The molecular formula is C25H23N3O3SeSi. The summed E-state index contributed by atoms with van der Waals surface area (Å²) in [6.07, 6.45) is 1.65. The maximum atomic E-state index is 12.6. The topological polar surface area (TPSA) is 60.9 Å². The average Bonchev–Trinajstić information content (AvgIpc) is 3.28. The Morgan fingerprint density at radius 1 is 0.758 bits per heavy atom. The molecule has 3 heterocycles. The SMILES string of the molecule is CN1C(=O)C(=Cc2ccc(N3c4ccccc4[Si](C)(C)c4ccccc43)[se]2)C(=O)N(C)C1=O. The van der Waals surface area contributed by atoms with Crippen molar-refractivity contribution in [1.82, 2.24) is 9.80 Å². The normalized spacial score (nSPS) is 17.3. The first-order chi connectivity index (χ1) is 15.7. The van der Waals surface area contributed by atoms with Gasteiger partial charge in [0.2, 0.25) is 0 Å². The molecular weight excluding hydrogens is 497 g/mol. The second-order valence-electron chi connectivity index (χ2n) is 8.74. The number of benzene rings is 2. The zero-order valence-electron chi connectivity index (χ0n) is 18.8. The number of hydrogen-bond acceptors (Lipinski definition) is 4. The molecule has 1 aromatic heterocycles. The molecule has 33 heavy (non-hydrogen) atoms. The van der Waals surface area contributed by atoms with Crippen LogP contribution >= 0.6 is 0 Å². The van der Waals surface area contributed by atoms with Crippen molar-refractivity contribution in [2.45, 2.75) is 13.1 Å². The third-order valence-electron chi connectivity index (χ3n) is 6.40. The van der Waals surface area contributed by atoms with Crippen LogP contribution in [0.15, 0.2) is 66.2 Å². The van der Waals surface area contributed by atoms with Gasteiger partial charge in [-0.15, -0.1) is 0 Å². The third kappa shape index (κ3) is 3.25. The van der Waals surface area contributed by atoms with Crippen LogP contribution in [0.3, 0.4) is 0 Å². The number of imide groups is 2. The summed E-state index contributed by atoms with van der Waals surface area (Å²) in [6.45, 7) is 4.78. The van der Waals surface area contributed by atoms with Crippen molar-refractivity contribution in [2.24, 2.45) is 0 Å². The van der Waals surface area contributed by atoms with E-state index in [-0.39, 0.29) is 20.1 Å². The van der Waals surface area contributed by atoms with Crippen LogP contribution in [-0.2, 0) is 9.59 Å². The van der Waals surface area contributed by atoms with Gasteiger partial charge in [0, 0.05) is 0 Å². The van der Waals surface area contributed by atoms with Gasteiger partial charge in [-0.2, -0.15) is 0 Å². The summed E-state index contributed by atoms with van der Waals surface area (Å²) in [6, 6.07) is 20.6. The molecule has 0 spiro atoms. The molecule has 1 saturated heterocycles. The first kappa shape index (κ1) is 21.6. The van der Waals surface area contributed by atoms with Crippen molar-refractivity contribution in [3.8, 4) is 0 Å². The van der Waals surface area contributed by atoms with Crippen molar-refractivity contribution >= 4 is 72.8 Å². The average molecular weight is 521 g/mol. The zero-order valence-corrected chi connectivity index (χ0v) is 21.5. The van der Waals surface area contributed by atoms with Crippen LogP contribution in [0.25, 0.3) is 6.08 Å². The van der Waals surface area contributed by atoms with Gasteiger partial charge in [-0.05, 0) is 0 Å². The van der Waals surface area contributed by atoms with Gasteiger partial charge in [0.15, 0.2) is 0 Å². The van der Waals surface area contributed by atoms with Crippen LogP contribution in [-0.4, -0.2) is 64.3 Å². The molecule has 0 aliphatic carbocycles. The van der Waals surface area contributed by atoms with E-state index in [1.807, 2.05) is 6.07 Å². The van der Waals surface area contributed by atoms with E-state index in [1.54, 1.807) is 6.08 Å². The fraction of sp³-hybridized carbons (Fsp3) is 0.160. The van der Waals surface area contributed by atoms with E-state index >= 15 is 0 Å². The maximum absolute atomic E-state index is 12.6. The van der Waals surface area contributed by atoms with Gasteiger partial charge in [0.25, 0.3) is 0 Å². The minimum atomic E-state index is -1.84. The molecule has 3 aromatic rings. The summed E-state index contributed by atoms with van der Waals surface area (Å²) in [5, 5.41) is 2.79. The number of carbonyl (C=O) groups excluding carboxylic acids is 3. The van der Waals surface area contributed by atoms with E-state index in [2.05, 4.69) is 72.6 Å². The van der Waals surface area contributed by atoms with E-state index in [9.17, 15) is 14.4 Å². The number of para-hydroxylation sites is 2. The molecule has 6 nitrogen and oxygen atoms in total. The number of fused-ring (bicyclic) bond motifs is 2. The molecule has 5 rings (SSSR count). The fourth-order valence-corrected chi connectivity index (χ4v) is 9.60. The van der Waals surface area contributed by atoms with Gasteiger partial charge in [-0.1, -0.05) is 0 Å². The molecule has 0 saturated carbocycles. The van der Waals surface area contributed by atoms with Crippen molar-refractivity contribution in [1.29, 1.82) is 0 Å². The Hall–Kier alpha value is -3.19. The van der Waals surface area contributed by atoms with Gasteiger partial charge >= 0.3 is 200 Å². The first-order valence-corrected chi connectivity index (χ1v) is 15.3. The Bertz CT molecular complexity index is 1280. The second-order valence-corrected chi connectivity index (χ2v) is 15.4. The van der Waals surface area contributed by atoms with Gasteiger partial charge in [0.05, 0.1) is 0 Å². The Kier molecular flexibility index (Phi) is 5.05. The van der Waals surface area contributed by atoms with E-state index < -0.39 is 25.9 Å². The van der Waals surface area contributed by atoms with Crippen molar-refractivity contribution in [3.05, 3.63) is 70.7 Å². The molecule has 4 amide bonds. The Morgan fingerprint density at radius 2 is 1.27 bits per heavy atom. The Morgan fingerprint density at radius 3 is 1.82 bits per heavy atom. The molecule has 2 aromatic carbocycles. The summed E-state index contributed by atoms with van der Waals surface area (Å²) in [4.78, 5) is 41.5. The number of nitrogens with zero attached hydrogens (tertiary/aromatic N) is 3. The summed E-state index contributed by atoms with van der Waals surface area (Å²) in [5.74, 6) is -1.12. The summed E-state index contributed by atoms with van der Waals surface area (Å²) in [7, 11) is 0.951. The monoisotopic (exact) mass is 521 g/mol. The van der Waals surface area contributed by atoms with E-state index in [0.717, 1.165) is 18.8 Å². The van der Waals surface area contributed by atoms with Crippen LogP contribution in [0.1, 0.15) is 4.44 Å². The van der Waals surface area contributed by atoms with Gasteiger partial charge in [0.1, 0.15) is 0 Å². The molecule has 8 heteroatoms. The number of carbonyl (C=O) groups is 3. The van der Waals surface area contributed by atoms with Crippen molar-refractivity contribution in [2.75, 3.05) is 19.0 Å². The molecule has 0 N–H and O–H groups in total. The van der Waals surface area contributed by atoms with Gasteiger partial charge in [-0.3, -0.25) is 0 Å². The Balaban J connectivity index is 1.61. The predicted molar refractivity (Wildman–Crippen MR) is 134 cm³/mol. The number of likely N-dealkylation sites (N-methyl/N-ethyl adjacent to an activating group) is 2. The number of hydrogen-bond donors (Lipinski definition) is 0. The number of anilines is 3. The van der Waals surface area contributed by atoms with Crippen LogP contribution in [0.2, 0.25) is 13.1 Å². The van der Waals surface area contributed by atoms with Gasteiger partial charge in [-0.25, -0.2) is 0 Å². The third-order valence-corrected chi connectivity index (χ3v) is 12.1. The molecule has 0 bridgehead atoms. The second kappa shape index (κ2) is 7.69. The van der Waals surface area contributed by atoms with Crippen LogP contribution in [0.4, 0.5) is 20.7 Å². The van der Waals surface area contributed by atoms with Gasteiger partial charge < -0.3 is 0 Å². The van der Waals surface area contributed by atoms with Crippen LogP contribution in [0.5, 0.6) is 0 Å². The molecule has 2 aliphatic heterocycles. The summed E-state index contributed by atoms with van der Waals surface area (Å²) < 4.78 is 2.06. The van der Waals surface area contributed by atoms with Crippen LogP contribution in [0, 0.1) is 0 Å². The predicted octanol–water partition coefficient (Wildman–Crippen LogP) is 2.78. The number of amides is 4. The van der Waals surface area contributed by atoms with Crippen LogP contribution < -0.4 is 15.3 Å². The standard InChI is InChI=1S/C25H23N3O3SeSi/c1-26-23(29)17(24(30)27(2)25(26)31)15-16-13-14-22(32-16)28-18-9-5-7-11-20(18)33(3,4)21-12-8-6-10-19(21)28/h5-15H,1-4H3. The molecule has 0 unspecified atom stereocenters. The quantitative estimate of drug-likeness (QED) is 0.296. The minimum absolute atomic E-state index is 0.0235. The zero-order chi connectivity index (χ0) is 23.5. The number of barbiturate groups is 1. The Labute approximate surface area is 199 Å². The van der Waals surface area contributed by atoms with E-state index in [0.29, 0.717) is 0 Å². The molecule has 0 radical (unpaired) electrons. The first-order valence-electron chi connectivity index (χ1n) is 10.6.